The SMILES string of the molecule is Cc1cccc2c(C(=O)NC3CC(NC(=O)c4cc(O)cc(=O)o4)(c4ccccc4)C3)[nH]nc12. The molecule has 1 aliphatic carbocycles. The van der Waals surface area contributed by atoms with Gasteiger partial charge in [-0.25, -0.2) is 4.79 Å². The van der Waals surface area contributed by atoms with E-state index < -0.39 is 17.1 Å². The molecule has 0 aliphatic heterocycles. The number of fused-ring (bicyclic) bond motifs is 1. The molecule has 0 atom stereocenters. The molecule has 1 saturated carbocycles. The van der Waals surface area contributed by atoms with Gasteiger partial charge < -0.3 is 20.2 Å². The number of benzene rings is 2. The number of carbonyl (C=O) groups excluding carboxylic acids is 2. The van der Waals surface area contributed by atoms with Gasteiger partial charge in [-0.3, -0.25) is 14.7 Å². The van der Waals surface area contributed by atoms with Crippen LogP contribution in [0.5, 0.6) is 5.75 Å². The Hall–Kier alpha value is -4.40. The minimum Gasteiger partial charge on any atom is -0.508 e. The molecule has 2 aromatic heterocycles. The van der Waals surface area contributed by atoms with Gasteiger partial charge in [-0.1, -0.05) is 48.5 Å². The zero-order valence-electron chi connectivity index (χ0n) is 18.3. The predicted molar refractivity (Wildman–Crippen MR) is 124 cm³/mol. The number of H-pyrrole nitrogens is 1. The van der Waals surface area contributed by atoms with E-state index in [0.29, 0.717) is 18.5 Å². The van der Waals surface area contributed by atoms with Gasteiger partial charge in [0.1, 0.15) is 11.4 Å². The number of nitrogens with zero attached hydrogens (tertiary/aromatic N) is 1. The molecule has 1 aliphatic rings. The number of aromatic nitrogens is 2. The van der Waals surface area contributed by atoms with E-state index in [2.05, 4.69) is 20.8 Å². The summed E-state index contributed by atoms with van der Waals surface area (Å²) in [7, 11) is 0. The second-order valence-electron chi connectivity index (χ2n) is 8.55. The third-order valence-electron chi connectivity index (χ3n) is 6.20. The molecule has 2 aromatic carbocycles. The highest BCUT2D eigenvalue weighted by Gasteiger charge is 2.47. The van der Waals surface area contributed by atoms with E-state index in [1.165, 1.54) is 0 Å². The Kier molecular flexibility index (Phi) is 5.16. The quantitative estimate of drug-likeness (QED) is 0.363. The van der Waals surface area contributed by atoms with E-state index in [-0.39, 0.29) is 23.5 Å². The molecule has 5 rings (SSSR count). The van der Waals surface area contributed by atoms with Gasteiger partial charge in [-0.15, -0.1) is 0 Å². The van der Waals surface area contributed by atoms with Crippen molar-refractivity contribution >= 4 is 22.7 Å². The highest BCUT2D eigenvalue weighted by atomic mass is 16.4. The Morgan fingerprint density at radius 1 is 1.09 bits per heavy atom. The van der Waals surface area contributed by atoms with Gasteiger partial charge in [0.25, 0.3) is 11.8 Å². The number of carbonyl (C=O) groups is 2. The standard InChI is InChI=1S/C25H22N4O5/c1-14-6-5-9-18-21(14)28-29-22(18)24(33)26-16-12-25(13-16,15-7-3-2-4-8-15)27-23(32)19-10-17(30)11-20(31)34-19/h2-11,16,30H,12-13H2,1H3,(H,26,33)(H,27,32)(H,28,29). The Balaban J connectivity index is 1.36. The van der Waals surface area contributed by atoms with Crippen LogP contribution >= 0.6 is 0 Å². The van der Waals surface area contributed by atoms with E-state index in [1.807, 2.05) is 55.5 Å². The molecule has 1 fully saturated rings. The molecule has 4 aromatic rings. The second kappa shape index (κ2) is 8.18. The van der Waals surface area contributed by atoms with Crippen LogP contribution in [-0.4, -0.2) is 33.2 Å². The van der Waals surface area contributed by atoms with E-state index in [0.717, 1.165) is 34.2 Å². The number of aryl methyl sites for hydroxylation is 1. The number of para-hydroxylation sites is 1. The molecule has 0 unspecified atom stereocenters. The lowest BCUT2D eigenvalue weighted by atomic mass is 9.68. The van der Waals surface area contributed by atoms with Crippen molar-refractivity contribution in [3.05, 3.63) is 93.7 Å². The molecule has 0 spiro atoms. The molecule has 172 valence electrons. The van der Waals surface area contributed by atoms with Crippen molar-refractivity contribution in [2.75, 3.05) is 0 Å². The summed E-state index contributed by atoms with van der Waals surface area (Å²) in [6.45, 7) is 1.93. The van der Waals surface area contributed by atoms with Gasteiger partial charge in [0, 0.05) is 17.5 Å². The third-order valence-corrected chi connectivity index (χ3v) is 6.20. The molecule has 2 amide bonds. The highest BCUT2D eigenvalue weighted by molar-refractivity contribution is 6.05. The summed E-state index contributed by atoms with van der Waals surface area (Å²) in [5.74, 6) is -1.54. The Morgan fingerprint density at radius 2 is 1.85 bits per heavy atom. The predicted octanol–water partition coefficient (Wildman–Crippen LogP) is 2.75. The lowest BCUT2D eigenvalue weighted by Crippen LogP contribution is -2.61. The normalized spacial score (nSPS) is 19.4. The number of hydrogen-bond donors (Lipinski definition) is 4. The fourth-order valence-electron chi connectivity index (χ4n) is 4.52. The first-order valence-electron chi connectivity index (χ1n) is 10.8. The van der Waals surface area contributed by atoms with Crippen LogP contribution in [0.4, 0.5) is 0 Å². The summed E-state index contributed by atoms with van der Waals surface area (Å²) in [4.78, 5) is 37.4. The van der Waals surface area contributed by atoms with Crippen molar-refractivity contribution in [3.63, 3.8) is 0 Å². The number of rotatable bonds is 5. The summed E-state index contributed by atoms with van der Waals surface area (Å²) >= 11 is 0. The van der Waals surface area contributed by atoms with E-state index in [4.69, 9.17) is 4.42 Å². The fourth-order valence-corrected chi connectivity index (χ4v) is 4.52. The maximum atomic E-state index is 13.0. The van der Waals surface area contributed by atoms with E-state index >= 15 is 0 Å². The first-order chi connectivity index (χ1) is 16.3. The Bertz CT molecular complexity index is 1450. The van der Waals surface area contributed by atoms with Crippen LogP contribution in [0.1, 0.15) is 45.0 Å². The maximum Gasteiger partial charge on any atom is 0.340 e. The molecular formula is C25H22N4O5. The molecule has 2 heterocycles. The van der Waals surface area contributed by atoms with Crippen LogP contribution in [0.2, 0.25) is 0 Å². The number of aromatic amines is 1. The molecule has 4 N–H and O–H groups in total. The third kappa shape index (κ3) is 3.81. The number of hydrogen-bond acceptors (Lipinski definition) is 6. The van der Waals surface area contributed by atoms with Crippen LogP contribution in [0.25, 0.3) is 10.9 Å². The zero-order chi connectivity index (χ0) is 23.9. The van der Waals surface area contributed by atoms with Crippen molar-refractivity contribution in [2.45, 2.75) is 31.3 Å². The first-order valence-corrected chi connectivity index (χ1v) is 10.8. The van der Waals surface area contributed by atoms with E-state index in [1.54, 1.807) is 0 Å². The van der Waals surface area contributed by atoms with Gasteiger partial charge in [0.05, 0.1) is 17.1 Å². The first kappa shape index (κ1) is 21.4. The molecule has 0 bridgehead atoms. The Labute approximate surface area is 193 Å². The van der Waals surface area contributed by atoms with Crippen LogP contribution in [-0.2, 0) is 5.54 Å². The average molecular weight is 458 g/mol. The monoisotopic (exact) mass is 458 g/mol. The van der Waals surface area contributed by atoms with Crippen LogP contribution in [0.3, 0.4) is 0 Å². The number of amides is 2. The van der Waals surface area contributed by atoms with Crippen molar-refractivity contribution in [3.8, 4) is 5.75 Å². The van der Waals surface area contributed by atoms with Crippen LogP contribution in [0.15, 0.2) is 69.9 Å². The summed E-state index contributed by atoms with van der Waals surface area (Å²) in [6.07, 6.45) is 0.866. The van der Waals surface area contributed by atoms with Gasteiger partial charge in [-0.2, -0.15) is 5.10 Å². The maximum absolute atomic E-state index is 13.0. The number of aromatic hydroxyl groups is 1. The molecule has 34 heavy (non-hydrogen) atoms. The minimum atomic E-state index is -0.820. The molecule has 0 radical (unpaired) electrons. The van der Waals surface area contributed by atoms with Gasteiger partial charge in [0.2, 0.25) is 0 Å². The summed E-state index contributed by atoms with van der Waals surface area (Å²) in [5, 5.41) is 23.4. The molecular weight excluding hydrogens is 436 g/mol. The van der Waals surface area contributed by atoms with Gasteiger partial charge in [0.15, 0.2) is 5.76 Å². The summed E-state index contributed by atoms with van der Waals surface area (Å²) < 4.78 is 4.95. The lowest BCUT2D eigenvalue weighted by molar-refractivity contribution is 0.0680. The van der Waals surface area contributed by atoms with Crippen molar-refractivity contribution in [1.29, 1.82) is 0 Å². The zero-order valence-corrected chi connectivity index (χ0v) is 18.3. The average Bonchev–Trinajstić information content (AvgIpc) is 3.23. The van der Waals surface area contributed by atoms with Crippen molar-refractivity contribution < 1.29 is 19.1 Å². The molecule has 0 saturated heterocycles. The molecule has 9 heteroatoms. The topological polar surface area (TPSA) is 137 Å². The molecule has 9 nitrogen and oxygen atoms in total. The van der Waals surface area contributed by atoms with Gasteiger partial charge >= 0.3 is 5.63 Å². The van der Waals surface area contributed by atoms with E-state index in [9.17, 15) is 19.5 Å². The smallest absolute Gasteiger partial charge is 0.340 e. The van der Waals surface area contributed by atoms with Crippen LogP contribution < -0.4 is 16.3 Å². The summed E-state index contributed by atoms with van der Waals surface area (Å²) in [5.41, 5.74) is 1.38. The van der Waals surface area contributed by atoms with Crippen molar-refractivity contribution in [2.24, 2.45) is 0 Å². The lowest BCUT2D eigenvalue weighted by Gasteiger charge is -2.48. The van der Waals surface area contributed by atoms with Crippen molar-refractivity contribution in [1.82, 2.24) is 20.8 Å². The van der Waals surface area contributed by atoms with Gasteiger partial charge in [-0.05, 0) is 30.9 Å². The largest absolute Gasteiger partial charge is 0.508 e. The van der Waals surface area contributed by atoms with Crippen LogP contribution in [0, 0.1) is 6.92 Å². The Morgan fingerprint density at radius 3 is 2.59 bits per heavy atom. The second-order valence-corrected chi connectivity index (χ2v) is 8.55. The summed E-state index contributed by atoms with van der Waals surface area (Å²) in [6, 6.07) is 16.8. The fraction of sp³-hybridized carbons (Fsp3) is 0.200. The number of nitrogens with one attached hydrogen (secondary N) is 3. The minimum absolute atomic E-state index is 0.202. The highest BCUT2D eigenvalue weighted by Crippen LogP contribution is 2.42.